The van der Waals surface area contributed by atoms with Crippen molar-refractivity contribution in [1.82, 2.24) is 4.57 Å². The van der Waals surface area contributed by atoms with Crippen molar-refractivity contribution < 1.29 is 4.74 Å². The Labute approximate surface area is 298 Å². The van der Waals surface area contributed by atoms with Crippen molar-refractivity contribution in [2.45, 2.75) is 26.2 Å². The largest absolute Gasteiger partial charge is 0.458 e. The molecule has 3 nitrogen and oxygen atoms in total. The lowest BCUT2D eigenvalue weighted by Crippen LogP contribution is -2.58. The fraction of sp³-hybridized carbons (Fsp3) is 0.0851. The van der Waals surface area contributed by atoms with Gasteiger partial charge in [-0.25, -0.2) is 0 Å². The van der Waals surface area contributed by atoms with Crippen LogP contribution in [-0.4, -0.2) is 11.3 Å². The Morgan fingerprint density at radius 1 is 0.569 bits per heavy atom. The van der Waals surface area contributed by atoms with Crippen LogP contribution in [0, 0.1) is 11.3 Å². The first-order valence-electron chi connectivity index (χ1n) is 17.6. The van der Waals surface area contributed by atoms with Crippen molar-refractivity contribution in [3.05, 3.63) is 157 Å². The zero-order valence-electron chi connectivity index (χ0n) is 28.7. The van der Waals surface area contributed by atoms with Crippen LogP contribution in [0.1, 0.15) is 31.9 Å². The van der Waals surface area contributed by atoms with E-state index in [4.69, 9.17) is 4.74 Å². The van der Waals surface area contributed by atoms with Crippen LogP contribution in [0.2, 0.25) is 0 Å². The van der Waals surface area contributed by atoms with Crippen LogP contribution < -0.4 is 21.1 Å². The Kier molecular flexibility index (Phi) is 6.29. The monoisotopic (exact) mass is 652 g/mol. The summed E-state index contributed by atoms with van der Waals surface area (Å²) in [6.45, 7) is 6.81. The highest BCUT2D eigenvalue weighted by Gasteiger charge is 2.41. The summed E-state index contributed by atoms with van der Waals surface area (Å²) in [6, 6.07) is 54.5. The second-order valence-electron chi connectivity index (χ2n) is 14.9. The number of fused-ring (bicyclic) bond motifs is 7. The normalized spacial score (nSPS) is 12.7. The van der Waals surface area contributed by atoms with Gasteiger partial charge in [0.15, 0.2) is 0 Å². The lowest BCUT2D eigenvalue weighted by Gasteiger charge is -2.35. The van der Waals surface area contributed by atoms with Crippen molar-refractivity contribution in [2.75, 3.05) is 0 Å². The van der Waals surface area contributed by atoms with E-state index in [0.717, 1.165) is 28.3 Å². The van der Waals surface area contributed by atoms with Crippen LogP contribution in [0.15, 0.2) is 146 Å². The SMILES string of the molecule is CC(C)(C)c1ccc2c(c1)B1c3c(cc(-c4ccc(C#N)cc4)cc3-n3c4ccc(-c5ccccc5)cc4c4cc(-c5ccccc5)cc1c43)O2. The number of hydrogen-bond acceptors (Lipinski definition) is 2. The second kappa shape index (κ2) is 10.8. The average Bonchev–Trinajstić information content (AvgIpc) is 3.50. The second-order valence-corrected chi connectivity index (χ2v) is 14.9. The molecule has 0 bridgehead atoms. The molecule has 0 aliphatic carbocycles. The van der Waals surface area contributed by atoms with Crippen LogP contribution >= 0.6 is 0 Å². The lowest BCUT2D eigenvalue weighted by atomic mass is 9.34. The van der Waals surface area contributed by atoms with Crippen LogP contribution in [0.4, 0.5) is 0 Å². The molecule has 0 unspecified atom stereocenters. The first-order chi connectivity index (χ1) is 24.9. The van der Waals surface area contributed by atoms with Gasteiger partial charge in [-0.3, -0.25) is 0 Å². The summed E-state index contributed by atoms with van der Waals surface area (Å²) < 4.78 is 9.40. The number of benzene rings is 7. The van der Waals surface area contributed by atoms with Crippen molar-refractivity contribution in [2.24, 2.45) is 0 Å². The number of nitrogens with zero attached hydrogens (tertiary/aromatic N) is 2. The quantitative estimate of drug-likeness (QED) is 0.178. The average molecular weight is 653 g/mol. The molecule has 7 aromatic carbocycles. The van der Waals surface area contributed by atoms with Gasteiger partial charge in [0.25, 0.3) is 6.71 Å². The molecule has 0 radical (unpaired) electrons. The minimum absolute atomic E-state index is 0.0177. The Bertz CT molecular complexity index is 2750. The first kappa shape index (κ1) is 29.6. The number of rotatable bonds is 3. The number of aromatic nitrogens is 1. The zero-order chi connectivity index (χ0) is 34.4. The topological polar surface area (TPSA) is 38.0 Å². The minimum atomic E-state index is -0.0207. The molecule has 8 aromatic rings. The summed E-state index contributed by atoms with van der Waals surface area (Å²) in [7, 11) is 0. The standard InChI is InChI=1S/C47H33BN2O/c1-47(2,3)36-19-21-43-39(27-36)48-40-24-34(31-12-8-5-9-13-31)23-38-37-22-33(30-10-6-4-7-11-30)18-20-41(37)50(46(38)40)42-25-35(26-44(51-43)45(42)48)32-16-14-29(28-49)15-17-32/h4-27H,1-3H3. The summed E-state index contributed by atoms with van der Waals surface area (Å²) >= 11 is 0. The van der Waals surface area contributed by atoms with Crippen LogP contribution in [-0.2, 0) is 5.41 Å². The van der Waals surface area contributed by atoms with Gasteiger partial charge in [-0.2, -0.15) is 5.26 Å². The third-order valence-electron chi connectivity index (χ3n) is 10.8. The van der Waals surface area contributed by atoms with Gasteiger partial charge < -0.3 is 9.30 Å². The molecular weight excluding hydrogens is 619 g/mol. The van der Waals surface area contributed by atoms with Gasteiger partial charge in [0.2, 0.25) is 0 Å². The van der Waals surface area contributed by atoms with Gasteiger partial charge in [-0.1, -0.05) is 118 Å². The molecule has 51 heavy (non-hydrogen) atoms. The molecule has 4 heteroatoms. The van der Waals surface area contributed by atoms with E-state index in [2.05, 4.69) is 153 Å². The number of ether oxygens (including phenoxy) is 1. The van der Waals surface area contributed by atoms with E-state index >= 15 is 0 Å². The zero-order valence-corrected chi connectivity index (χ0v) is 28.7. The molecule has 3 heterocycles. The van der Waals surface area contributed by atoms with Gasteiger partial charge in [-0.05, 0) is 109 Å². The van der Waals surface area contributed by atoms with Gasteiger partial charge in [0, 0.05) is 22.0 Å². The fourth-order valence-electron chi connectivity index (χ4n) is 8.26. The van der Waals surface area contributed by atoms with Crippen molar-refractivity contribution >= 4 is 44.9 Å². The van der Waals surface area contributed by atoms with Gasteiger partial charge in [0.05, 0.1) is 17.1 Å². The minimum Gasteiger partial charge on any atom is -0.458 e. The molecule has 0 atom stereocenters. The van der Waals surface area contributed by atoms with E-state index < -0.39 is 0 Å². The molecule has 0 fully saturated rings. The van der Waals surface area contributed by atoms with E-state index in [0.29, 0.717) is 5.56 Å². The summed E-state index contributed by atoms with van der Waals surface area (Å²) in [5, 5.41) is 12.0. The summed E-state index contributed by atoms with van der Waals surface area (Å²) in [4.78, 5) is 0. The number of nitriles is 1. The molecular formula is C47H33BN2O. The highest BCUT2D eigenvalue weighted by atomic mass is 16.5. The lowest BCUT2D eigenvalue weighted by molar-refractivity contribution is 0.486. The van der Waals surface area contributed by atoms with Crippen LogP contribution in [0.5, 0.6) is 11.5 Å². The van der Waals surface area contributed by atoms with Crippen LogP contribution in [0.25, 0.3) is 60.9 Å². The molecule has 10 rings (SSSR count). The molecule has 1 aromatic heterocycles. The smallest absolute Gasteiger partial charge is 0.256 e. The highest BCUT2D eigenvalue weighted by molar-refractivity contribution is 6.99. The Morgan fingerprint density at radius 3 is 1.92 bits per heavy atom. The fourth-order valence-corrected chi connectivity index (χ4v) is 8.26. The van der Waals surface area contributed by atoms with Gasteiger partial charge in [-0.15, -0.1) is 0 Å². The molecule has 0 saturated carbocycles. The van der Waals surface area contributed by atoms with E-state index in [1.54, 1.807) is 0 Å². The van der Waals surface area contributed by atoms with Crippen molar-refractivity contribution in [3.8, 4) is 56.6 Å². The van der Waals surface area contributed by atoms with Crippen molar-refractivity contribution in [3.63, 3.8) is 0 Å². The molecule has 0 spiro atoms. The summed E-state index contributed by atoms with van der Waals surface area (Å²) in [5.41, 5.74) is 16.1. The molecule has 0 N–H and O–H groups in total. The van der Waals surface area contributed by atoms with Crippen molar-refractivity contribution in [1.29, 1.82) is 5.26 Å². The molecule has 2 aliphatic heterocycles. The third-order valence-corrected chi connectivity index (χ3v) is 10.8. The summed E-state index contributed by atoms with van der Waals surface area (Å²) in [5.74, 6) is 1.78. The maximum absolute atomic E-state index is 9.50. The predicted octanol–water partition coefficient (Wildman–Crippen LogP) is 9.89. The van der Waals surface area contributed by atoms with Gasteiger partial charge >= 0.3 is 0 Å². The predicted molar refractivity (Wildman–Crippen MR) is 212 cm³/mol. The van der Waals surface area contributed by atoms with Crippen LogP contribution in [0.3, 0.4) is 0 Å². The van der Waals surface area contributed by atoms with E-state index in [9.17, 15) is 5.26 Å². The first-order valence-corrected chi connectivity index (χ1v) is 17.6. The van der Waals surface area contributed by atoms with Gasteiger partial charge in [0.1, 0.15) is 11.5 Å². The maximum Gasteiger partial charge on any atom is 0.256 e. The van der Waals surface area contributed by atoms with E-state index in [1.165, 1.54) is 66.0 Å². The Hall–Kier alpha value is -6.31. The van der Waals surface area contributed by atoms with E-state index in [-0.39, 0.29) is 12.1 Å². The number of hydrogen-bond donors (Lipinski definition) is 0. The molecule has 0 amide bonds. The maximum atomic E-state index is 9.50. The summed E-state index contributed by atoms with van der Waals surface area (Å²) in [6.07, 6.45) is 0. The molecule has 240 valence electrons. The highest BCUT2D eigenvalue weighted by Crippen LogP contribution is 2.42. The molecule has 0 saturated heterocycles. The van der Waals surface area contributed by atoms with E-state index in [1.807, 2.05) is 24.3 Å². The Balaban J connectivity index is 1.35. The Morgan fingerprint density at radius 2 is 1.22 bits per heavy atom. The third kappa shape index (κ3) is 4.52. The molecule has 2 aliphatic rings.